The molecule has 0 spiro atoms. The van der Waals surface area contributed by atoms with Gasteiger partial charge < -0.3 is 19.5 Å². The number of fused-ring (bicyclic) bond motifs is 1. The Morgan fingerprint density at radius 1 is 1.05 bits per heavy atom. The van der Waals surface area contributed by atoms with Crippen LogP contribution in [0.25, 0.3) is 11.3 Å². The largest absolute Gasteiger partial charge is 0.507 e. The van der Waals surface area contributed by atoms with Gasteiger partial charge in [-0.3, -0.25) is 9.89 Å². The number of hydrogen-bond acceptors (Lipinski definition) is 5. The van der Waals surface area contributed by atoms with E-state index in [1.165, 1.54) is 0 Å². The molecule has 214 valence electrons. The molecule has 0 saturated carbocycles. The van der Waals surface area contributed by atoms with Gasteiger partial charge in [-0.15, -0.1) is 0 Å². The van der Waals surface area contributed by atoms with E-state index in [1.807, 2.05) is 68.1 Å². The number of H-pyrrole nitrogens is 1. The second-order valence-electron chi connectivity index (χ2n) is 11.0. The molecule has 4 aromatic rings. The van der Waals surface area contributed by atoms with E-state index >= 15 is 0 Å². The number of amides is 1. The van der Waals surface area contributed by atoms with Crippen molar-refractivity contribution in [2.45, 2.75) is 53.6 Å². The molecule has 1 unspecified atom stereocenters. The van der Waals surface area contributed by atoms with Crippen molar-refractivity contribution in [3.05, 3.63) is 93.1 Å². The van der Waals surface area contributed by atoms with Crippen molar-refractivity contribution in [3.63, 3.8) is 0 Å². The number of aryl methyl sites for hydroxylation is 2. The average Bonchev–Trinajstić information content (AvgIpc) is 3.47. The summed E-state index contributed by atoms with van der Waals surface area (Å²) in [5, 5.41) is 18.9. The fourth-order valence-corrected chi connectivity index (χ4v) is 5.31. The molecule has 1 atom stereocenters. The monoisotopic (exact) mass is 573 g/mol. The highest BCUT2D eigenvalue weighted by Gasteiger charge is 2.43. The predicted octanol–water partition coefficient (Wildman–Crippen LogP) is 7.62. The Hall–Kier alpha value is -3.97. The van der Waals surface area contributed by atoms with Gasteiger partial charge in [-0.05, 0) is 74.1 Å². The summed E-state index contributed by atoms with van der Waals surface area (Å²) in [5.41, 5.74) is 5.79. The number of halogens is 1. The van der Waals surface area contributed by atoms with E-state index in [-0.39, 0.29) is 11.7 Å². The highest BCUT2D eigenvalue weighted by Crippen LogP contribution is 2.47. The molecule has 2 N–H and O–H groups in total. The first-order chi connectivity index (χ1) is 19.7. The van der Waals surface area contributed by atoms with Crippen LogP contribution in [0.2, 0.25) is 5.02 Å². The van der Waals surface area contributed by atoms with E-state index in [0.29, 0.717) is 64.7 Å². The number of nitrogens with zero attached hydrogens (tertiary/aromatic N) is 2. The highest BCUT2D eigenvalue weighted by molar-refractivity contribution is 6.31. The van der Waals surface area contributed by atoms with Crippen LogP contribution < -0.4 is 9.47 Å². The number of aromatic hydroxyl groups is 1. The van der Waals surface area contributed by atoms with Crippen LogP contribution in [0.15, 0.2) is 54.6 Å². The second kappa shape index (κ2) is 11.9. The van der Waals surface area contributed by atoms with Gasteiger partial charge in [0.1, 0.15) is 17.1 Å². The molecule has 5 rings (SSSR count). The van der Waals surface area contributed by atoms with Gasteiger partial charge in [0.15, 0.2) is 11.5 Å². The molecule has 1 amide bonds. The smallest absolute Gasteiger partial charge is 0.273 e. The van der Waals surface area contributed by atoms with Crippen molar-refractivity contribution < 1.29 is 19.4 Å². The van der Waals surface area contributed by atoms with Gasteiger partial charge in [0.25, 0.3) is 5.91 Å². The van der Waals surface area contributed by atoms with E-state index in [4.69, 9.17) is 21.1 Å². The average molecular weight is 574 g/mol. The molecule has 0 fully saturated rings. The molecule has 1 aromatic heterocycles. The maximum atomic E-state index is 13.9. The van der Waals surface area contributed by atoms with Gasteiger partial charge in [0.2, 0.25) is 0 Å². The molecule has 0 bridgehead atoms. The third kappa shape index (κ3) is 5.77. The molecule has 7 nitrogen and oxygen atoms in total. The lowest BCUT2D eigenvalue weighted by Gasteiger charge is -2.27. The molecule has 41 heavy (non-hydrogen) atoms. The number of phenolic OH excluding ortho intramolecular Hbond substituents is 1. The molecule has 3 aromatic carbocycles. The van der Waals surface area contributed by atoms with E-state index in [2.05, 4.69) is 24.0 Å². The quantitative estimate of drug-likeness (QED) is 0.204. The molecule has 1 aliphatic rings. The van der Waals surface area contributed by atoms with Gasteiger partial charge >= 0.3 is 0 Å². The minimum atomic E-state index is -0.490. The molecule has 2 heterocycles. The maximum absolute atomic E-state index is 13.9. The van der Waals surface area contributed by atoms with Crippen molar-refractivity contribution >= 4 is 17.5 Å². The summed E-state index contributed by atoms with van der Waals surface area (Å²) in [6, 6.07) is 16.8. The Labute approximate surface area is 246 Å². The Morgan fingerprint density at radius 2 is 1.80 bits per heavy atom. The summed E-state index contributed by atoms with van der Waals surface area (Å²) in [5.74, 6) is 1.69. The predicted molar refractivity (Wildman–Crippen MR) is 161 cm³/mol. The normalized spacial score (nSPS) is 14.6. The summed E-state index contributed by atoms with van der Waals surface area (Å²) in [4.78, 5) is 15.7. The lowest BCUT2D eigenvalue weighted by Crippen LogP contribution is -2.29. The van der Waals surface area contributed by atoms with E-state index in [0.717, 1.165) is 28.7 Å². The molecular formula is C33H36ClN3O4. The van der Waals surface area contributed by atoms with Crippen LogP contribution in [0.3, 0.4) is 0 Å². The number of benzene rings is 3. The van der Waals surface area contributed by atoms with E-state index in [9.17, 15) is 9.90 Å². The van der Waals surface area contributed by atoms with Crippen LogP contribution in [0.4, 0.5) is 0 Å². The van der Waals surface area contributed by atoms with Crippen LogP contribution >= 0.6 is 11.6 Å². The number of ether oxygens (including phenoxy) is 2. The number of hydrogen-bond donors (Lipinski definition) is 2. The lowest BCUT2D eigenvalue weighted by molar-refractivity contribution is 0.0729. The molecule has 8 heteroatoms. The van der Waals surface area contributed by atoms with Crippen molar-refractivity contribution in [3.8, 4) is 28.5 Å². The second-order valence-corrected chi connectivity index (χ2v) is 11.4. The van der Waals surface area contributed by atoms with Gasteiger partial charge in [0, 0.05) is 22.7 Å². The van der Waals surface area contributed by atoms with Crippen LogP contribution in [0.5, 0.6) is 17.2 Å². The van der Waals surface area contributed by atoms with Crippen LogP contribution in [-0.4, -0.2) is 39.3 Å². The summed E-state index contributed by atoms with van der Waals surface area (Å²) < 4.78 is 12.1. The van der Waals surface area contributed by atoms with E-state index < -0.39 is 6.04 Å². The van der Waals surface area contributed by atoms with E-state index in [1.54, 1.807) is 12.1 Å². The minimum absolute atomic E-state index is 0.0493. The van der Waals surface area contributed by atoms with Crippen molar-refractivity contribution in [1.29, 1.82) is 0 Å². The third-order valence-corrected chi connectivity index (χ3v) is 7.81. The first-order valence-electron chi connectivity index (χ1n) is 14.0. The Bertz CT molecular complexity index is 1560. The molecular weight excluding hydrogens is 538 g/mol. The molecule has 0 saturated heterocycles. The fourth-order valence-electron chi connectivity index (χ4n) is 5.14. The van der Waals surface area contributed by atoms with Gasteiger partial charge in [-0.2, -0.15) is 5.10 Å². The summed E-state index contributed by atoms with van der Waals surface area (Å²) >= 11 is 6.46. The zero-order valence-corrected chi connectivity index (χ0v) is 24.9. The number of aromatic nitrogens is 2. The number of phenols is 1. The van der Waals surface area contributed by atoms with Crippen molar-refractivity contribution in [2.24, 2.45) is 5.92 Å². The van der Waals surface area contributed by atoms with Gasteiger partial charge in [-0.1, -0.05) is 61.3 Å². The first-order valence-corrected chi connectivity index (χ1v) is 14.4. The summed E-state index contributed by atoms with van der Waals surface area (Å²) in [6.07, 6.45) is 0.930. The highest BCUT2D eigenvalue weighted by atomic mass is 35.5. The van der Waals surface area contributed by atoms with Crippen LogP contribution in [-0.2, 0) is 6.54 Å². The SMILES string of the molecule is CCOc1cc(C2c3c(-c4cc(Cl)c(C)cc4O)n[nH]c3C(=O)N2Cc2ccc(C)cc2)ccc1OCCC(C)C. The number of rotatable bonds is 10. The summed E-state index contributed by atoms with van der Waals surface area (Å²) in [6.45, 7) is 11.6. The fraction of sp³-hybridized carbons (Fsp3) is 0.333. The van der Waals surface area contributed by atoms with Gasteiger partial charge in [-0.25, -0.2) is 0 Å². The van der Waals surface area contributed by atoms with Crippen molar-refractivity contribution in [1.82, 2.24) is 15.1 Å². The third-order valence-electron chi connectivity index (χ3n) is 7.41. The zero-order chi connectivity index (χ0) is 29.3. The Morgan fingerprint density at radius 3 is 2.51 bits per heavy atom. The summed E-state index contributed by atoms with van der Waals surface area (Å²) in [7, 11) is 0. The van der Waals surface area contributed by atoms with Crippen LogP contribution in [0.1, 0.15) is 71.5 Å². The number of carbonyl (C=O) groups is 1. The first kappa shape index (κ1) is 28.6. The zero-order valence-electron chi connectivity index (χ0n) is 24.1. The standard InChI is InChI=1S/C33H36ClN3O4/c1-6-40-28-16-23(11-12-27(28)41-14-13-19(2)3)32-29-30(24-17-25(34)21(5)15-26(24)38)35-36-31(29)33(39)37(32)18-22-9-7-20(4)8-10-22/h7-12,15-17,19,32,38H,6,13-14,18H2,1-5H3,(H,35,36). The number of carbonyl (C=O) groups excluding carboxylic acids is 1. The minimum Gasteiger partial charge on any atom is -0.507 e. The number of nitrogens with one attached hydrogen (secondary N) is 1. The Kier molecular flexibility index (Phi) is 8.27. The molecule has 0 radical (unpaired) electrons. The van der Waals surface area contributed by atoms with Gasteiger partial charge in [0.05, 0.1) is 19.3 Å². The van der Waals surface area contributed by atoms with Crippen molar-refractivity contribution in [2.75, 3.05) is 13.2 Å². The molecule has 1 aliphatic heterocycles. The Balaban J connectivity index is 1.63. The topological polar surface area (TPSA) is 87.7 Å². The maximum Gasteiger partial charge on any atom is 0.273 e. The number of aromatic amines is 1. The molecule has 0 aliphatic carbocycles. The lowest BCUT2D eigenvalue weighted by atomic mass is 9.94. The van der Waals surface area contributed by atoms with Crippen LogP contribution in [0, 0.1) is 19.8 Å².